The number of hydrogen-bond donors (Lipinski definition) is 2. The van der Waals surface area contributed by atoms with Crippen LogP contribution in [0, 0.1) is 5.92 Å². The molecule has 0 radical (unpaired) electrons. The van der Waals surface area contributed by atoms with E-state index in [1.807, 2.05) is 24.3 Å². The maximum atomic E-state index is 11.8. The van der Waals surface area contributed by atoms with E-state index in [9.17, 15) is 9.90 Å². The molecular formula is C16H23NO3. The summed E-state index contributed by atoms with van der Waals surface area (Å²) in [7, 11) is 0. The number of hydrogen-bond acceptors (Lipinski definition) is 3. The molecule has 1 saturated heterocycles. The van der Waals surface area contributed by atoms with Crippen LogP contribution in [0.2, 0.25) is 0 Å². The first-order valence-corrected chi connectivity index (χ1v) is 7.31. The van der Waals surface area contributed by atoms with E-state index in [0.29, 0.717) is 18.9 Å². The van der Waals surface area contributed by atoms with Gasteiger partial charge in [-0.3, -0.25) is 4.79 Å². The third kappa shape index (κ3) is 4.62. The van der Waals surface area contributed by atoms with Gasteiger partial charge in [0.15, 0.2) is 0 Å². The summed E-state index contributed by atoms with van der Waals surface area (Å²) in [5.41, 5.74) is 1.85. The minimum atomic E-state index is 0.00541. The Balaban J connectivity index is 1.71. The van der Waals surface area contributed by atoms with Crippen LogP contribution in [0.25, 0.3) is 0 Å². The van der Waals surface area contributed by atoms with Crippen molar-refractivity contribution in [2.45, 2.75) is 38.8 Å². The molecule has 1 aliphatic heterocycles. The quantitative estimate of drug-likeness (QED) is 0.836. The van der Waals surface area contributed by atoms with Crippen LogP contribution in [-0.2, 0) is 22.7 Å². The molecule has 0 aliphatic carbocycles. The smallest absolute Gasteiger partial charge is 0.220 e. The van der Waals surface area contributed by atoms with E-state index in [1.54, 1.807) is 0 Å². The molecule has 0 aromatic heterocycles. The fraction of sp³-hybridized carbons (Fsp3) is 0.562. The zero-order chi connectivity index (χ0) is 14.2. The Bertz CT molecular complexity index is 427. The van der Waals surface area contributed by atoms with Gasteiger partial charge in [-0.1, -0.05) is 24.3 Å². The van der Waals surface area contributed by atoms with E-state index in [0.717, 1.165) is 37.2 Å². The predicted molar refractivity (Wildman–Crippen MR) is 77.0 cm³/mol. The van der Waals surface area contributed by atoms with Gasteiger partial charge < -0.3 is 15.2 Å². The van der Waals surface area contributed by atoms with E-state index >= 15 is 0 Å². The van der Waals surface area contributed by atoms with Gasteiger partial charge in [-0.15, -0.1) is 0 Å². The first-order valence-electron chi connectivity index (χ1n) is 7.31. The van der Waals surface area contributed by atoms with Crippen LogP contribution in [0.4, 0.5) is 0 Å². The number of aliphatic hydroxyl groups excluding tert-OH is 1. The molecule has 4 heteroatoms. The predicted octanol–water partition coefficient (Wildman–Crippen LogP) is 2.00. The molecule has 1 unspecified atom stereocenters. The van der Waals surface area contributed by atoms with Crippen molar-refractivity contribution in [1.29, 1.82) is 0 Å². The van der Waals surface area contributed by atoms with Crippen molar-refractivity contribution in [2.75, 3.05) is 13.2 Å². The number of carbonyl (C=O) groups is 1. The normalized spacial score (nSPS) is 18.8. The van der Waals surface area contributed by atoms with Crippen LogP contribution < -0.4 is 5.32 Å². The Labute approximate surface area is 120 Å². The maximum absolute atomic E-state index is 11.8. The summed E-state index contributed by atoms with van der Waals surface area (Å²) in [5, 5.41) is 12.2. The average Bonchev–Trinajstić information content (AvgIpc) is 2.52. The van der Waals surface area contributed by atoms with E-state index in [2.05, 4.69) is 5.32 Å². The zero-order valence-electron chi connectivity index (χ0n) is 11.8. The van der Waals surface area contributed by atoms with Gasteiger partial charge >= 0.3 is 0 Å². The lowest BCUT2D eigenvalue weighted by atomic mass is 9.97. The Kier molecular flexibility index (Phi) is 6.02. The molecule has 1 heterocycles. The summed E-state index contributed by atoms with van der Waals surface area (Å²) >= 11 is 0. The molecule has 1 aromatic carbocycles. The molecule has 0 saturated carbocycles. The highest BCUT2D eigenvalue weighted by Crippen LogP contribution is 2.18. The van der Waals surface area contributed by atoms with Crippen LogP contribution in [0.5, 0.6) is 0 Å². The minimum Gasteiger partial charge on any atom is -0.392 e. The number of carbonyl (C=O) groups excluding carboxylic acids is 1. The Morgan fingerprint density at radius 1 is 1.35 bits per heavy atom. The van der Waals surface area contributed by atoms with E-state index in [-0.39, 0.29) is 12.5 Å². The fourth-order valence-electron chi connectivity index (χ4n) is 2.54. The first kappa shape index (κ1) is 15.0. The molecule has 1 fully saturated rings. The molecule has 0 spiro atoms. The van der Waals surface area contributed by atoms with Gasteiger partial charge in [0.1, 0.15) is 0 Å². The Morgan fingerprint density at radius 3 is 2.85 bits per heavy atom. The lowest BCUT2D eigenvalue weighted by Crippen LogP contribution is -2.25. The average molecular weight is 277 g/mol. The van der Waals surface area contributed by atoms with Gasteiger partial charge in [0.2, 0.25) is 5.91 Å². The van der Waals surface area contributed by atoms with Crippen molar-refractivity contribution < 1.29 is 14.6 Å². The first-order chi connectivity index (χ1) is 9.79. The van der Waals surface area contributed by atoms with Gasteiger partial charge in [-0.25, -0.2) is 0 Å². The molecule has 110 valence electrons. The SMILES string of the molecule is O=C(CCC1CCCOC1)NCc1ccccc1CO. The number of amides is 1. The van der Waals surface area contributed by atoms with Gasteiger partial charge in [0.25, 0.3) is 0 Å². The molecular weight excluding hydrogens is 254 g/mol. The molecule has 0 bridgehead atoms. The number of ether oxygens (including phenoxy) is 1. The number of nitrogens with one attached hydrogen (secondary N) is 1. The van der Waals surface area contributed by atoms with E-state index in [4.69, 9.17) is 4.74 Å². The largest absolute Gasteiger partial charge is 0.392 e. The van der Waals surface area contributed by atoms with Crippen molar-refractivity contribution in [2.24, 2.45) is 5.92 Å². The molecule has 1 atom stereocenters. The van der Waals surface area contributed by atoms with Crippen molar-refractivity contribution in [1.82, 2.24) is 5.32 Å². The van der Waals surface area contributed by atoms with Crippen LogP contribution in [0.15, 0.2) is 24.3 Å². The summed E-state index contributed by atoms with van der Waals surface area (Å²) in [6.45, 7) is 2.14. The number of rotatable bonds is 6. The summed E-state index contributed by atoms with van der Waals surface area (Å²) < 4.78 is 5.41. The second-order valence-corrected chi connectivity index (χ2v) is 5.33. The van der Waals surface area contributed by atoms with Gasteiger partial charge in [0, 0.05) is 26.2 Å². The van der Waals surface area contributed by atoms with Crippen molar-refractivity contribution in [3.63, 3.8) is 0 Å². The molecule has 1 aromatic rings. The Hall–Kier alpha value is -1.39. The third-order valence-electron chi connectivity index (χ3n) is 3.80. The van der Waals surface area contributed by atoms with Gasteiger partial charge in [-0.05, 0) is 36.3 Å². The second-order valence-electron chi connectivity index (χ2n) is 5.33. The van der Waals surface area contributed by atoms with Crippen molar-refractivity contribution in [3.8, 4) is 0 Å². The van der Waals surface area contributed by atoms with Gasteiger partial charge in [0.05, 0.1) is 6.61 Å². The van der Waals surface area contributed by atoms with Crippen molar-refractivity contribution in [3.05, 3.63) is 35.4 Å². The Morgan fingerprint density at radius 2 is 2.15 bits per heavy atom. The summed E-state index contributed by atoms with van der Waals surface area (Å²) in [6, 6.07) is 7.61. The second kappa shape index (κ2) is 8.02. The molecule has 4 nitrogen and oxygen atoms in total. The number of benzene rings is 1. The lowest BCUT2D eigenvalue weighted by Gasteiger charge is -2.21. The van der Waals surface area contributed by atoms with Gasteiger partial charge in [-0.2, -0.15) is 0 Å². The van der Waals surface area contributed by atoms with E-state index < -0.39 is 0 Å². The fourth-order valence-corrected chi connectivity index (χ4v) is 2.54. The molecule has 1 amide bonds. The van der Waals surface area contributed by atoms with Crippen LogP contribution in [-0.4, -0.2) is 24.2 Å². The van der Waals surface area contributed by atoms with E-state index in [1.165, 1.54) is 6.42 Å². The maximum Gasteiger partial charge on any atom is 0.220 e. The van der Waals surface area contributed by atoms with Crippen molar-refractivity contribution >= 4 is 5.91 Å². The highest BCUT2D eigenvalue weighted by molar-refractivity contribution is 5.75. The highest BCUT2D eigenvalue weighted by atomic mass is 16.5. The topological polar surface area (TPSA) is 58.6 Å². The summed E-state index contributed by atoms with van der Waals surface area (Å²) in [4.78, 5) is 11.8. The third-order valence-corrected chi connectivity index (χ3v) is 3.80. The molecule has 1 aliphatic rings. The molecule has 2 N–H and O–H groups in total. The summed E-state index contributed by atoms with van der Waals surface area (Å²) in [6.07, 6.45) is 3.72. The van der Waals surface area contributed by atoms with Crippen LogP contribution in [0.3, 0.4) is 0 Å². The zero-order valence-corrected chi connectivity index (χ0v) is 11.8. The highest BCUT2D eigenvalue weighted by Gasteiger charge is 2.15. The standard InChI is InChI=1S/C16H23NO3/c18-11-15-6-2-1-5-14(15)10-17-16(19)8-7-13-4-3-9-20-12-13/h1-2,5-6,13,18H,3-4,7-12H2,(H,17,19). The monoisotopic (exact) mass is 277 g/mol. The minimum absolute atomic E-state index is 0.00541. The lowest BCUT2D eigenvalue weighted by molar-refractivity contribution is -0.121. The molecule has 20 heavy (non-hydrogen) atoms. The number of aliphatic hydroxyl groups is 1. The van der Waals surface area contributed by atoms with Crippen LogP contribution >= 0.6 is 0 Å². The summed E-state index contributed by atoms with van der Waals surface area (Å²) in [5.74, 6) is 0.600. The molecule has 2 rings (SSSR count). The van der Waals surface area contributed by atoms with Crippen LogP contribution in [0.1, 0.15) is 36.8 Å².